The molecule has 0 bridgehead atoms. The Hall–Kier alpha value is -2.56. The van der Waals surface area contributed by atoms with Gasteiger partial charge in [-0.25, -0.2) is 5.43 Å². The first-order valence-corrected chi connectivity index (χ1v) is 6.33. The molecular formula is C15H16N2O3. The molecule has 0 aliphatic rings. The van der Waals surface area contributed by atoms with E-state index in [2.05, 4.69) is 10.5 Å². The maximum Gasteiger partial charge on any atom is 0.307 e. The molecule has 1 amide bonds. The van der Waals surface area contributed by atoms with Crippen molar-refractivity contribution in [1.29, 1.82) is 0 Å². The van der Waals surface area contributed by atoms with Crippen molar-refractivity contribution in [3.63, 3.8) is 0 Å². The number of phenols is 1. The molecule has 2 aromatic rings. The highest BCUT2D eigenvalue weighted by Crippen LogP contribution is 2.12. The second kappa shape index (κ2) is 6.06. The lowest BCUT2D eigenvalue weighted by atomic mass is 10.1. The van der Waals surface area contributed by atoms with Crippen LogP contribution in [0.3, 0.4) is 0 Å². The summed E-state index contributed by atoms with van der Waals surface area (Å²) in [5.74, 6) is 0.711. The molecular weight excluding hydrogens is 256 g/mol. The molecule has 1 aromatic heterocycles. The summed E-state index contributed by atoms with van der Waals surface area (Å²) < 4.78 is 5.22. The van der Waals surface area contributed by atoms with Crippen LogP contribution in [0.2, 0.25) is 0 Å². The molecule has 0 saturated heterocycles. The highest BCUT2D eigenvalue weighted by atomic mass is 16.3. The van der Waals surface area contributed by atoms with E-state index in [9.17, 15) is 9.90 Å². The number of phenolic OH excluding ortho intramolecular Hbond substituents is 1. The van der Waals surface area contributed by atoms with Gasteiger partial charge in [0, 0.05) is 0 Å². The topological polar surface area (TPSA) is 74.8 Å². The van der Waals surface area contributed by atoms with Crippen LogP contribution in [0, 0.1) is 6.92 Å². The molecule has 0 spiro atoms. The Labute approximate surface area is 116 Å². The zero-order valence-corrected chi connectivity index (χ0v) is 11.4. The standard InChI is InChI=1S/C15H16N2O3/c1-3-13(11-5-7-12(18)8-6-11)16-17-15(19)14-9-4-10(2)20-14/h4-9,18H,3H2,1-2H3,(H,17,19)/b16-13+. The molecule has 0 radical (unpaired) electrons. The van der Waals surface area contributed by atoms with E-state index in [-0.39, 0.29) is 17.4 Å². The molecule has 104 valence electrons. The van der Waals surface area contributed by atoms with Gasteiger partial charge in [-0.1, -0.05) is 6.92 Å². The molecule has 0 aliphatic heterocycles. The summed E-state index contributed by atoms with van der Waals surface area (Å²) in [4.78, 5) is 11.8. The fourth-order valence-electron chi connectivity index (χ4n) is 1.73. The number of carbonyl (C=O) groups excluding carboxylic acids is 1. The van der Waals surface area contributed by atoms with Gasteiger partial charge in [-0.05, 0) is 55.3 Å². The highest BCUT2D eigenvalue weighted by molar-refractivity contribution is 6.01. The average molecular weight is 272 g/mol. The number of rotatable bonds is 4. The first-order chi connectivity index (χ1) is 9.60. The third-order valence-electron chi connectivity index (χ3n) is 2.79. The number of aryl methyl sites for hydroxylation is 1. The molecule has 0 saturated carbocycles. The Morgan fingerprint density at radius 2 is 1.95 bits per heavy atom. The zero-order chi connectivity index (χ0) is 14.5. The van der Waals surface area contributed by atoms with Crippen LogP contribution >= 0.6 is 0 Å². The fourth-order valence-corrected chi connectivity index (χ4v) is 1.73. The molecule has 5 heteroatoms. The summed E-state index contributed by atoms with van der Waals surface area (Å²) >= 11 is 0. The van der Waals surface area contributed by atoms with Crippen molar-refractivity contribution in [2.24, 2.45) is 5.10 Å². The first-order valence-electron chi connectivity index (χ1n) is 6.33. The maximum absolute atomic E-state index is 11.8. The van der Waals surface area contributed by atoms with Gasteiger partial charge in [0.05, 0.1) is 5.71 Å². The molecule has 0 aliphatic carbocycles. The van der Waals surface area contributed by atoms with Crippen molar-refractivity contribution in [3.8, 4) is 5.75 Å². The van der Waals surface area contributed by atoms with Crippen LogP contribution in [0.1, 0.15) is 35.2 Å². The molecule has 0 unspecified atom stereocenters. The van der Waals surface area contributed by atoms with E-state index in [0.29, 0.717) is 12.2 Å². The number of nitrogens with one attached hydrogen (secondary N) is 1. The lowest BCUT2D eigenvalue weighted by Crippen LogP contribution is -2.19. The second-order valence-electron chi connectivity index (χ2n) is 4.31. The summed E-state index contributed by atoms with van der Waals surface area (Å²) in [6.07, 6.45) is 0.655. The van der Waals surface area contributed by atoms with Gasteiger partial charge in [-0.15, -0.1) is 0 Å². The Balaban J connectivity index is 2.11. The zero-order valence-electron chi connectivity index (χ0n) is 11.4. The lowest BCUT2D eigenvalue weighted by Gasteiger charge is -2.04. The molecule has 5 nitrogen and oxygen atoms in total. The van der Waals surface area contributed by atoms with Gasteiger partial charge in [-0.3, -0.25) is 4.79 Å². The minimum Gasteiger partial charge on any atom is -0.508 e. The number of hydrogen-bond acceptors (Lipinski definition) is 4. The van der Waals surface area contributed by atoms with Crippen molar-refractivity contribution >= 4 is 11.6 Å². The predicted octanol–water partition coefficient (Wildman–Crippen LogP) is 2.84. The van der Waals surface area contributed by atoms with Crippen LogP contribution in [-0.4, -0.2) is 16.7 Å². The smallest absolute Gasteiger partial charge is 0.307 e. The van der Waals surface area contributed by atoms with Gasteiger partial charge in [0.15, 0.2) is 5.76 Å². The SMILES string of the molecule is CC/C(=N\NC(=O)c1ccc(C)o1)c1ccc(O)cc1. The summed E-state index contributed by atoms with van der Waals surface area (Å²) in [6.45, 7) is 3.71. The van der Waals surface area contributed by atoms with E-state index in [1.807, 2.05) is 6.92 Å². The number of carbonyl (C=O) groups is 1. The number of hydrazone groups is 1. The van der Waals surface area contributed by atoms with E-state index in [1.54, 1.807) is 43.3 Å². The highest BCUT2D eigenvalue weighted by Gasteiger charge is 2.09. The van der Waals surface area contributed by atoms with Crippen molar-refractivity contribution in [2.75, 3.05) is 0 Å². The fraction of sp³-hybridized carbons (Fsp3) is 0.200. The van der Waals surface area contributed by atoms with Crippen LogP contribution in [0.4, 0.5) is 0 Å². The molecule has 0 fully saturated rings. The van der Waals surface area contributed by atoms with Crippen molar-refractivity contribution in [1.82, 2.24) is 5.43 Å². The van der Waals surface area contributed by atoms with Gasteiger partial charge in [0.1, 0.15) is 11.5 Å². The molecule has 1 heterocycles. The molecule has 1 aromatic carbocycles. The van der Waals surface area contributed by atoms with Gasteiger partial charge in [0.2, 0.25) is 0 Å². The summed E-state index contributed by atoms with van der Waals surface area (Å²) in [5.41, 5.74) is 4.04. The largest absolute Gasteiger partial charge is 0.508 e. The first kappa shape index (κ1) is 13.9. The molecule has 2 rings (SSSR count). The Morgan fingerprint density at radius 1 is 1.25 bits per heavy atom. The Bertz CT molecular complexity index is 627. The molecule has 0 atom stereocenters. The summed E-state index contributed by atoms with van der Waals surface area (Å²) in [6, 6.07) is 9.99. The van der Waals surface area contributed by atoms with Gasteiger partial charge >= 0.3 is 5.91 Å². The van der Waals surface area contributed by atoms with Crippen LogP contribution in [0.25, 0.3) is 0 Å². The van der Waals surface area contributed by atoms with Crippen molar-refractivity contribution < 1.29 is 14.3 Å². The third kappa shape index (κ3) is 3.26. The number of benzene rings is 1. The lowest BCUT2D eigenvalue weighted by molar-refractivity contribution is 0.0926. The van der Waals surface area contributed by atoms with Crippen LogP contribution in [0.5, 0.6) is 5.75 Å². The van der Waals surface area contributed by atoms with Crippen LogP contribution in [0.15, 0.2) is 45.9 Å². The van der Waals surface area contributed by atoms with Crippen LogP contribution in [-0.2, 0) is 0 Å². The molecule has 2 N–H and O–H groups in total. The van der Waals surface area contributed by atoms with E-state index in [1.165, 1.54) is 0 Å². The number of furan rings is 1. The van der Waals surface area contributed by atoms with E-state index < -0.39 is 0 Å². The Kier molecular flexibility index (Phi) is 4.20. The van der Waals surface area contributed by atoms with E-state index in [0.717, 1.165) is 11.3 Å². The monoisotopic (exact) mass is 272 g/mol. The van der Waals surface area contributed by atoms with Crippen LogP contribution < -0.4 is 5.43 Å². The average Bonchev–Trinajstić information content (AvgIpc) is 2.88. The normalized spacial score (nSPS) is 11.4. The number of hydrogen-bond donors (Lipinski definition) is 2. The molecule has 20 heavy (non-hydrogen) atoms. The minimum absolute atomic E-state index is 0.194. The van der Waals surface area contributed by atoms with E-state index in [4.69, 9.17) is 4.42 Å². The minimum atomic E-state index is -0.386. The third-order valence-corrected chi connectivity index (χ3v) is 2.79. The predicted molar refractivity (Wildman–Crippen MR) is 75.8 cm³/mol. The van der Waals surface area contributed by atoms with Gasteiger partial charge in [0.25, 0.3) is 0 Å². The summed E-state index contributed by atoms with van der Waals surface area (Å²) in [7, 11) is 0. The second-order valence-corrected chi connectivity index (χ2v) is 4.31. The number of aromatic hydroxyl groups is 1. The maximum atomic E-state index is 11.8. The quantitative estimate of drug-likeness (QED) is 0.664. The number of amides is 1. The van der Waals surface area contributed by atoms with Crippen molar-refractivity contribution in [3.05, 3.63) is 53.5 Å². The summed E-state index contributed by atoms with van der Waals surface area (Å²) in [5, 5.41) is 13.4. The number of nitrogens with zero attached hydrogens (tertiary/aromatic N) is 1. The van der Waals surface area contributed by atoms with Gasteiger partial charge in [-0.2, -0.15) is 5.10 Å². The van der Waals surface area contributed by atoms with Crippen molar-refractivity contribution in [2.45, 2.75) is 20.3 Å². The van der Waals surface area contributed by atoms with Gasteiger partial charge < -0.3 is 9.52 Å². The van der Waals surface area contributed by atoms with E-state index >= 15 is 0 Å². The Morgan fingerprint density at radius 3 is 2.50 bits per heavy atom.